The first kappa shape index (κ1) is 13.4. The fourth-order valence-electron chi connectivity index (χ4n) is 3.35. The molecule has 4 nitrogen and oxygen atoms in total. The zero-order valence-corrected chi connectivity index (χ0v) is 11.7. The molecule has 3 rings (SSSR count). The fraction of sp³-hybridized carbons (Fsp3) is 0.562. The summed E-state index contributed by atoms with van der Waals surface area (Å²) in [6.45, 7) is 1.88. The number of piperidine rings is 1. The normalized spacial score (nSPS) is 25.1. The second-order valence-electron chi connectivity index (χ2n) is 5.86. The van der Waals surface area contributed by atoms with E-state index in [0.717, 1.165) is 44.5 Å². The summed E-state index contributed by atoms with van der Waals surface area (Å²) >= 11 is 0. The van der Waals surface area contributed by atoms with Crippen LogP contribution in [0, 0.1) is 5.92 Å². The van der Waals surface area contributed by atoms with E-state index in [4.69, 9.17) is 5.11 Å². The number of benzene rings is 1. The Morgan fingerprint density at radius 2 is 2.25 bits per heavy atom. The standard InChI is InChI=1S/C16H22N2O2/c19-9-7-12-4-3-8-18(11-12)16(20)15-10-13-5-1-2-6-14(13)17-15/h1-2,5-6,12,15,17,19H,3-4,7-11H2. The molecular formula is C16H22N2O2. The van der Waals surface area contributed by atoms with E-state index in [1.165, 1.54) is 5.56 Å². The van der Waals surface area contributed by atoms with Crippen molar-refractivity contribution in [2.24, 2.45) is 5.92 Å². The molecule has 2 aliphatic heterocycles. The van der Waals surface area contributed by atoms with Crippen molar-refractivity contribution >= 4 is 11.6 Å². The number of carbonyl (C=O) groups is 1. The van der Waals surface area contributed by atoms with Gasteiger partial charge in [0.25, 0.3) is 0 Å². The molecule has 2 unspecified atom stereocenters. The van der Waals surface area contributed by atoms with Crippen molar-refractivity contribution in [2.75, 3.05) is 25.0 Å². The molecule has 0 bridgehead atoms. The van der Waals surface area contributed by atoms with Crippen LogP contribution in [0.15, 0.2) is 24.3 Å². The maximum atomic E-state index is 12.6. The predicted molar refractivity (Wildman–Crippen MR) is 78.6 cm³/mol. The van der Waals surface area contributed by atoms with Gasteiger partial charge in [-0.1, -0.05) is 18.2 Å². The SMILES string of the molecule is O=C(C1Cc2ccccc2N1)N1CCCC(CCO)C1. The number of para-hydroxylation sites is 1. The van der Waals surface area contributed by atoms with E-state index >= 15 is 0 Å². The maximum absolute atomic E-state index is 12.6. The first-order valence-corrected chi connectivity index (χ1v) is 7.52. The largest absolute Gasteiger partial charge is 0.396 e. The molecule has 108 valence electrons. The van der Waals surface area contributed by atoms with Gasteiger partial charge >= 0.3 is 0 Å². The van der Waals surface area contributed by atoms with E-state index in [1.807, 2.05) is 23.1 Å². The fourth-order valence-corrected chi connectivity index (χ4v) is 3.35. The first-order chi connectivity index (χ1) is 9.78. The van der Waals surface area contributed by atoms with Crippen molar-refractivity contribution in [3.8, 4) is 0 Å². The van der Waals surface area contributed by atoms with Crippen LogP contribution < -0.4 is 5.32 Å². The molecule has 1 saturated heterocycles. The molecule has 4 heteroatoms. The minimum atomic E-state index is -0.111. The molecule has 0 aliphatic carbocycles. The van der Waals surface area contributed by atoms with E-state index in [0.29, 0.717) is 5.92 Å². The highest BCUT2D eigenvalue weighted by Crippen LogP contribution is 2.27. The summed E-state index contributed by atoms with van der Waals surface area (Å²) in [5.41, 5.74) is 2.32. The zero-order chi connectivity index (χ0) is 13.9. The van der Waals surface area contributed by atoms with Crippen molar-refractivity contribution in [1.29, 1.82) is 0 Å². The Hall–Kier alpha value is -1.55. The third-order valence-electron chi connectivity index (χ3n) is 4.44. The van der Waals surface area contributed by atoms with Crippen molar-refractivity contribution in [1.82, 2.24) is 4.90 Å². The average molecular weight is 274 g/mol. The number of anilines is 1. The molecular weight excluding hydrogens is 252 g/mol. The van der Waals surface area contributed by atoms with Gasteiger partial charge in [0, 0.05) is 31.8 Å². The summed E-state index contributed by atoms with van der Waals surface area (Å²) in [7, 11) is 0. The molecule has 0 saturated carbocycles. The van der Waals surface area contributed by atoms with E-state index in [9.17, 15) is 4.79 Å². The highest BCUT2D eigenvalue weighted by atomic mass is 16.3. The lowest BCUT2D eigenvalue weighted by Crippen LogP contribution is -2.47. The smallest absolute Gasteiger partial charge is 0.245 e. The van der Waals surface area contributed by atoms with Gasteiger partial charge < -0.3 is 15.3 Å². The van der Waals surface area contributed by atoms with Crippen LogP contribution >= 0.6 is 0 Å². The van der Waals surface area contributed by atoms with Gasteiger partial charge in [-0.25, -0.2) is 0 Å². The summed E-state index contributed by atoms with van der Waals surface area (Å²) in [4.78, 5) is 14.6. The number of nitrogens with one attached hydrogen (secondary N) is 1. The van der Waals surface area contributed by atoms with E-state index in [-0.39, 0.29) is 18.6 Å². The van der Waals surface area contributed by atoms with Gasteiger partial charge in [-0.2, -0.15) is 0 Å². The van der Waals surface area contributed by atoms with E-state index < -0.39 is 0 Å². The molecule has 0 radical (unpaired) electrons. The molecule has 1 aromatic rings. The quantitative estimate of drug-likeness (QED) is 0.881. The Kier molecular flexibility index (Phi) is 3.92. The highest BCUT2D eigenvalue weighted by Gasteiger charge is 2.32. The summed E-state index contributed by atoms with van der Waals surface area (Å²) in [5.74, 6) is 0.672. The second kappa shape index (κ2) is 5.83. The van der Waals surface area contributed by atoms with Crippen LogP contribution in [0.4, 0.5) is 5.69 Å². The molecule has 1 fully saturated rings. The number of hydrogen-bond acceptors (Lipinski definition) is 3. The number of amides is 1. The third-order valence-corrected chi connectivity index (χ3v) is 4.44. The van der Waals surface area contributed by atoms with Crippen LogP contribution in [-0.2, 0) is 11.2 Å². The summed E-state index contributed by atoms with van der Waals surface area (Å²) < 4.78 is 0. The van der Waals surface area contributed by atoms with Crippen LogP contribution in [-0.4, -0.2) is 41.7 Å². The highest BCUT2D eigenvalue weighted by molar-refractivity contribution is 5.87. The van der Waals surface area contributed by atoms with Crippen LogP contribution in [0.3, 0.4) is 0 Å². The summed E-state index contributed by atoms with van der Waals surface area (Å²) in [6.07, 6.45) is 3.77. The van der Waals surface area contributed by atoms with Crippen LogP contribution in [0.5, 0.6) is 0 Å². The number of nitrogens with zero attached hydrogens (tertiary/aromatic N) is 1. The number of fused-ring (bicyclic) bond motifs is 1. The number of likely N-dealkylation sites (tertiary alicyclic amines) is 1. The van der Waals surface area contributed by atoms with Gasteiger partial charge in [-0.3, -0.25) is 4.79 Å². The van der Waals surface area contributed by atoms with Gasteiger partial charge in [-0.15, -0.1) is 0 Å². The van der Waals surface area contributed by atoms with Crippen LogP contribution in [0.1, 0.15) is 24.8 Å². The number of hydrogen-bond donors (Lipinski definition) is 2. The predicted octanol–water partition coefficient (Wildman–Crippen LogP) is 1.64. The molecule has 2 N–H and O–H groups in total. The minimum absolute atomic E-state index is 0.111. The molecule has 1 aromatic carbocycles. The molecule has 2 aliphatic rings. The summed E-state index contributed by atoms with van der Waals surface area (Å²) in [6, 6.07) is 8.02. The molecule has 2 atom stereocenters. The number of aliphatic hydroxyl groups is 1. The first-order valence-electron chi connectivity index (χ1n) is 7.52. The van der Waals surface area contributed by atoms with E-state index in [2.05, 4.69) is 11.4 Å². The van der Waals surface area contributed by atoms with Gasteiger partial charge in [0.15, 0.2) is 0 Å². The van der Waals surface area contributed by atoms with Crippen molar-refractivity contribution in [3.63, 3.8) is 0 Å². The number of rotatable bonds is 3. The summed E-state index contributed by atoms with van der Waals surface area (Å²) in [5, 5.41) is 12.4. The lowest BCUT2D eigenvalue weighted by molar-refractivity contribution is -0.133. The van der Waals surface area contributed by atoms with Gasteiger partial charge in [0.05, 0.1) is 0 Å². The Bertz CT molecular complexity index is 462. The van der Waals surface area contributed by atoms with Crippen molar-refractivity contribution in [2.45, 2.75) is 31.7 Å². The Balaban J connectivity index is 1.63. The van der Waals surface area contributed by atoms with Gasteiger partial charge in [0.2, 0.25) is 5.91 Å². The zero-order valence-electron chi connectivity index (χ0n) is 11.7. The second-order valence-corrected chi connectivity index (χ2v) is 5.86. The lowest BCUT2D eigenvalue weighted by atomic mass is 9.94. The number of aliphatic hydroxyl groups excluding tert-OH is 1. The third kappa shape index (κ3) is 2.66. The molecule has 0 aromatic heterocycles. The molecule has 20 heavy (non-hydrogen) atoms. The topological polar surface area (TPSA) is 52.6 Å². The molecule has 0 spiro atoms. The van der Waals surface area contributed by atoms with Crippen molar-refractivity contribution < 1.29 is 9.90 Å². The van der Waals surface area contributed by atoms with Crippen LogP contribution in [0.2, 0.25) is 0 Å². The maximum Gasteiger partial charge on any atom is 0.245 e. The van der Waals surface area contributed by atoms with E-state index in [1.54, 1.807) is 0 Å². The Labute approximate surface area is 119 Å². The average Bonchev–Trinajstić information content (AvgIpc) is 2.91. The van der Waals surface area contributed by atoms with Crippen LogP contribution in [0.25, 0.3) is 0 Å². The van der Waals surface area contributed by atoms with Gasteiger partial charge in [0.1, 0.15) is 6.04 Å². The Morgan fingerprint density at radius 3 is 3.05 bits per heavy atom. The number of carbonyl (C=O) groups excluding carboxylic acids is 1. The van der Waals surface area contributed by atoms with Crippen molar-refractivity contribution in [3.05, 3.63) is 29.8 Å². The lowest BCUT2D eigenvalue weighted by Gasteiger charge is -2.34. The Morgan fingerprint density at radius 1 is 1.40 bits per heavy atom. The van der Waals surface area contributed by atoms with Gasteiger partial charge in [-0.05, 0) is 36.8 Å². The minimum Gasteiger partial charge on any atom is -0.396 e. The monoisotopic (exact) mass is 274 g/mol. The molecule has 2 heterocycles. The molecule has 1 amide bonds.